The standard InChI is InChI=1S/C14H14N4O/c1-10-4-2-5-11(8-10)19-9-13-16-14-7-3-6-12(15)18(14)17-13/h2-8H,9,15H2,1H3. The van der Waals surface area contributed by atoms with Gasteiger partial charge in [0.2, 0.25) is 0 Å². The Morgan fingerprint density at radius 3 is 2.84 bits per heavy atom. The number of benzene rings is 1. The van der Waals surface area contributed by atoms with Crippen LogP contribution in [-0.4, -0.2) is 14.6 Å². The first-order chi connectivity index (χ1) is 9.22. The fourth-order valence-electron chi connectivity index (χ4n) is 1.88. The zero-order valence-electron chi connectivity index (χ0n) is 10.6. The van der Waals surface area contributed by atoms with E-state index in [0.29, 0.717) is 18.2 Å². The number of hydrogen-bond donors (Lipinski definition) is 1. The van der Waals surface area contributed by atoms with E-state index in [1.54, 1.807) is 10.6 Å². The Morgan fingerprint density at radius 1 is 1.21 bits per heavy atom. The first-order valence-electron chi connectivity index (χ1n) is 6.02. The molecule has 0 saturated heterocycles. The van der Waals surface area contributed by atoms with Crippen molar-refractivity contribution in [1.82, 2.24) is 14.6 Å². The SMILES string of the molecule is Cc1cccc(OCc2nc3cccc(N)n3n2)c1. The van der Waals surface area contributed by atoms with Gasteiger partial charge < -0.3 is 10.5 Å². The molecule has 0 amide bonds. The summed E-state index contributed by atoms with van der Waals surface area (Å²) in [6.45, 7) is 2.35. The highest BCUT2D eigenvalue weighted by molar-refractivity contribution is 5.45. The normalized spacial score (nSPS) is 10.8. The molecule has 2 heterocycles. The number of pyridine rings is 1. The Kier molecular flexibility index (Phi) is 2.79. The van der Waals surface area contributed by atoms with Crippen LogP contribution in [0, 0.1) is 6.92 Å². The van der Waals surface area contributed by atoms with Crippen molar-refractivity contribution in [1.29, 1.82) is 0 Å². The van der Waals surface area contributed by atoms with Gasteiger partial charge in [-0.2, -0.15) is 4.52 Å². The van der Waals surface area contributed by atoms with E-state index < -0.39 is 0 Å². The second-order valence-electron chi connectivity index (χ2n) is 4.35. The molecular formula is C14H14N4O. The van der Waals surface area contributed by atoms with Gasteiger partial charge in [0, 0.05) is 0 Å². The Hall–Kier alpha value is -2.56. The van der Waals surface area contributed by atoms with E-state index in [1.807, 2.05) is 43.3 Å². The molecule has 0 aliphatic heterocycles. The monoisotopic (exact) mass is 254 g/mol. The quantitative estimate of drug-likeness (QED) is 0.778. The topological polar surface area (TPSA) is 65.4 Å². The molecule has 0 aliphatic carbocycles. The van der Waals surface area contributed by atoms with Crippen LogP contribution in [0.25, 0.3) is 5.65 Å². The molecule has 3 aromatic rings. The second-order valence-corrected chi connectivity index (χ2v) is 4.35. The lowest BCUT2D eigenvalue weighted by atomic mass is 10.2. The first-order valence-corrected chi connectivity index (χ1v) is 6.02. The summed E-state index contributed by atoms with van der Waals surface area (Å²) in [7, 11) is 0. The average molecular weight is 254 g/mol. The van der Waals surface area contributed by atoms with Gasteiger partial charge in [-0.05, 0) is 36.8 Å². The lowest BCUT2D eigenvalue weighted by Crippen LogP contribution is -2.00. The highest BCUT2D eigenvalue weighted by Gasteiger charge is 2.06. The maximum Gasteiger partial charge on any atom is 0.189 e. The summed E-state index contributed by atoms with van der Waals surface area (Å²) in [5, 5.41) is 4.31. The van der Waals surface area contributed by atoms with Gasteiger partial charge in [-0.3, -0.25) is 0 Å². The summed E-state index contributed by atoms with van der Waals surface area (Å²) in [5.41, 5.74) is 7.70. The molecule has 0 radical (unpaired) electrons. The van der Waals surface area contributed by atoms with E-state index in [4.69, 9.17) is 10.5 Å². The molecule has 2 N–H and O–H groups in total. The maximum absolute atomic E-state index is 5.82. The van der Waals surface area contributed by atoms with Crippen LogP contribution in [0.3, 0.4) is 0 Å². The van der Waals surface area contributed by atoms with Gasteiger partial charge in [0.15, 0.2) is 11.5 Å². The van der Waals surface area contributed by atoms with Crippen molar-refractivity contribution in [3.05, 3.63) is 53.9 Å². The predicted octanol–water partition coefficient (Wildman–Crippen LogP) is 2.20. The van der Waals surface area contributed by atoms with Gasteiger partial charge >= 0.3 is 0 Å². The summed E-state index contributed by atoms with van der Waals surface area (Å²) >= 11 is 0. The highest BCUT2D eigenvalue weighted by atomic mass is 16.5. The van der Waals surface area contributed by atoms with Crippen LogP contribution in [0.15, 0.2) is 42.5 Å². The van der Waals surface area contributed by atoms with Crippen LogP contribution in [-0.2, 0) is 6.61 Å². The molecular weight excluding hydrogens is 240 g/mol. The number of nitrogen functional groups attached to an aromatic ring is 1. The Balaban J connectivity index is 1.80. The van der Waals surface area contributed by atoms with Crippen LogP contribution in [0.4, 0.5) is 5.82 Å². The average Bonchev–Trinajstić information content (AvgIpc) is 2.81. The third kappa shape index (κ3) is 2.35. The molecule has 0 fully saturated rings. The molecule has 0 aliphatic rings. The molecule has 96 valence electrons. The minimum atomic E-state index is 0.324. The van der Waals surface area contributed by atoms with E-state index in [2.05, 4.69) is 10.1 Å². The molecule has 3 rings (SSSR count). The lowest BCUT2D eigenvalue weighted by molar-refractivity contribution is 0.296. The zero-order chi connectivity index (χ0) is 13.2. The van der Waals surface area contributed by atoms with Crippen molar-refractivity contribution in [3.63, 3.8) is 0 Å². The summed E-state index contributed by atoms with van der Waals surface area (Å²) < 4.78 is 7.27. The number of ether oxygens (including phenoxy) is 1. The van der Waals surface area contributed by atoms with E-state index in [9.17, 15) is 0 Å². The molecule has 0 unspecified atom stereocenters. The highest BCUT2D eigenvalue weighted by Crippen LogP contribution is 2.14. The fraction of sp³-hybridized carbons (Fsp3) is 0.143. The van der Waals surface area contributed by atoms with Crippen molar-refractivity contribution < 1.29 is 4.74 Å². The Morgan fingerprint density at radius 2 is 2.05 bits per heavy atom. The summed E-state index contributed by atoms with van der Waals surface area (Å²) in [4.78, 5) is 4.36. The molecule has 0 bridgehead atoms. The number of aryl methyl sites for hydroxylation is 1. The predicted molar refractivity (Wildman–Crippen MR) is 72.9 cm³/mol. The van der Waals surface area contributed by atoms with E-state index in [1.165, 1.54) is 0 Å². The van der Waals surface area contributed by atoms with Crippen LogP contribution in [0.2, 0.25) is 0 Å². The van der Waals surface area contributed by atoms with Crippen LogP contribution < -0.4 is 10.5 Å². The smallest absolute Gasteiger partial charge is 0.189 e. The van der Waals surface area contributed by atoms with Crippen molar-refractivity contribution >= 4 is 11.5 Å². The van der Waals surface area contributed by atoms with Crippen LogP contribution in [0.1, 0.15) is 11.4 Å². The number of hydrogen-bond acceptors (Lipinski definition) is 4. The summed E-state index contributed by atoms with van der Waals surface area (Å²) in [6, 6.07) is 13.4. The maximum atomic E-state index is 5.82. The molecule has 2 aromatic heterocycles. The Bertz CT molecular complexity index is 720. The van der Waals surface area contributed by atoms with Crippen molar-refractivity contribution in [2.75, 3.05) is 5.73 Å². The number of fused-ring (bicyclic) bond motifs is 1. The third-order valence-corrected chi connectivity index (χ3v) is 2.79. The van der Waals surface area contributed by atoms with Crippen molar-refractivity contribution in [2.24, 2.45) is 0 Å². The molecule has 0 saturated carbocycles. The minimum Gasteiger partial charge on any atom is -0.486 e. The summed E-state index contributed by atoms with van der Waals surface area (Å²) in [5.74, 6) is 1.98. The fourth-order valence-corrected chi connectivity index (χ4v) is 1.88. The Labute approximate surface area is 110 Å². The molecule has 5 heteroatoms. The van der Waals surface area contributed by atoms with Gasteiger partial charge in [0.05, 0.1) is 0 Å². The first kappa shape index (κ1) is 11.5. The van der Waals surface area contributed by atoms with E-state index >= 15 is 0 Å². The second kappa shape index (κ2) is 4.61. The van der Waals surface area contributed by atoms with Crippen LogP contribution in [0.5, 0.6) is 5.75 Å². The van der Waals surface area contributed by atoms with Gasteiger partial charge in [0.1, 0.15) is 18.2 Å². The largest absolute Gasteiger partial charge is 0.486 e. The summed E-state index contributed by atoms with van der Waals surface area (Å²) in [6.07, 6.45) is 0. The molecule has 1 aromatic carbocycles. The minimum absolute atomic E-state index is 0.324. The van der Waals surface area contributed by atoms with Gasteiger partial charge in [-0.25, -0.2) is 4.98 Å². The van der Waals surface area contributed by atoms with E-state index in [0.717, 1.165) is 17.0 Å². The zero-order valence-corrected chi connectivity index (χ0v) is 10.6. The van der Waals surface area contributed by atoms with Crippen molar-refractivity contribution in [2.45, 2.75) is 13.5 Å². The molecule has 0 spiro atoms. The number of anilines is 1. The van der Waals surface area contributed by atoms with Gasteiger partial charge in [-0.1, -0.05) is 18.2 Å². The van der Waals surface area contributed by atoms with Gasteiger partial charge in [-0.15, -0.1) is 5.10 Å². The molecule has 19 heavy (non-hydrogen) atoms. The number of nitrogens with zero attached hydrogens (tertiary/aromatic N) is 3. The molecule has 5 nitrogen and oxygen atoms in total. The number of aromatic nitrogens is 3. The molecule has 0 atom stereocenters. The van der Waals surface area contributed by atoms with Crippen LogP contribution >= 0.6 is 0 Å². The van der Waals surface area contributed by atoms with E-state index in [-0.39, 0.29) is 0 Å². The van der Waals surface area contributed by atoms with Crippen molar-refractivity contribution in [3.8, 4) is 5.75 Å². The number of rotatable bonds is 3. The lowest BCUT2D eigenvalue weighted by Gasteiger charge is -2.03. The van der Waals surface area contributed by atoms with Gasteiger partial charge in [0.25, 0.3) is 0 Å². The number of nitrogens with two attached hydrogens (primary N) is 1. The third-order valence-electron chi connectivity index (χ3n) is 2.79.